The fourth-order valence-corrected chi connectivity index (χ4v) is 1.91. The zero-order valence-electron chi connectivity index (χ0n) is 12.7. The number of rotatable bonds is 5. The Morgan fingerprint density at radius 2 is 2.04 bits per heavy atom. The number of amides is 2. The molecule has 4 N–H and O–H groups in total. The van der Waals surface area contributed by atoms with E-state index in [1.807, 2.05) is 13.0 Å². The van der Waals surface area contributed by atoms with Crippen LogP contribution in [0.1, 0.15) is 23.7 Å². The first-order valence-corrected chi connectivity index (χ1v) is 7.16. The van der Waals surface area contributed by atoms with Gasteiger partial charge in [0, 0.05) is 24.5 Å². The van der Waals surface area contributed by atoms with Gasteiger partial charge in [-0.15, -0.1) is 0 Å². The zero-order chi connectivity index (χ0) is 16.7. The average molecular weight is 314 g/mol. The average Bonchev–Trinajstić information content (AvgIpc) is 2.59. The summed E-state index contributed by atoms with van der Waals surface area (Å²) in [5, 5.41) is 2.63. The van der Waals surface area contributed by atoms with E-state index in [2.05, 4.69) is 15.7 Å². The topological polar surface area (TPSA) is 106 Å². The maximum Gasteiger partial charge on any atom is 0.412 e. The number of carbonyl (C=O) groups is 2. The molecule has 2 rings (SSSR count). The van der Waals surface area contributed by atoms with E-state index in [-0.39, 0.29) is 0 Å². The molecule has 0 aliphatic heterocycles. The van der Waals surface area contributed by atoms with Crippen LogP contribution in [0, 0.1) is 0 Å². The molecule has 23 heavy (non-hydrogen) atoms. The third-order valence-electron chi connectivity index (χ3n) is 3.03. The minimum absolute atomic E-state index is 0.344. The number of nitrogens with two attached hydrogens (primary N) is 1. The summed E-state index contributed by atoms with van der Waals surface area (Å²) in [4.78, 5) is 27.2. The maximum absolute atomic E-state index is 11.6. The molecule has 0 fully saturated rings. The lowest BCUT2D eigenvalue weighted by Crippen LogP contribution is -2.30. The van der Waals surface area contributed by atoms with Crippen molar-refractivity contribution in [1.82, 2.24) is 15.7 Å². The van der Waals surface area contributed by atoms with Crippen molar-refractivity contribution >= 4 is 12.0 Å². The van der Waals surface area contributed by atoms with Gasteiger partial charge in [0.25, 0.3) is 5.91 Å². The molecule has 7 heteroatoms. The van der Waals surface area contributed by atoms with E-state index in [0.29, 0.717) is 23.4 Å². The molecule has 0 spiro atoms. The van der Waals surface area contributed by atoms with Crippen molar-refractivity contribution in [1.29, 1.82) is 0 Å². The van der Waals surface area contributed by atoms with Crippen molar-refractivity contribution in [3.05, 3.63) is 48.3 Å². The van der Waals surface area contributed by atoms with Gasteiger partial charge in [0.2, 0.25) is 0 Å². The highest BCUT2D eigenvalue weighted by atomic mass is 16.6. The van der Waals surface area contributed by atoms with Crippen LogP contribution in [0.5, 0.6) is 5.75 Å². The molecule has 0 saturated carbocycles. The van der Waals surface area contributed by atoms with Gasteiger partial charge in [-0.3, -0.25) is 15.2 Å². The predicted molar refractivity (Wildman–Crippen MR) is 85.6 cm³/mol. The minimum atomic E-state index is -0.501. The van der Waals surface area contributed by atoms with Crippen molar-refractivity contribution in [3.63, 3.8) is 0 Å². The Kier molecular flexibility index (Phi) is 5.65. The molecule has 0 bridgehead atoms. The molecular formula is C16H18N4O3. The molecule has 1 aromatic heterocycles. The summed E-state index contributed by atoms with van der Waals surface area (Å²) in [6.07, 6.45) is 3.36. The second-order valence-electron chi connectivity index (χ2n) is 4.78. The van der Waals surface area contributed by atoms with Gasteiger partial charge in [-0.2, -0.15) is 0 Å². The van der Waals surface area contributed by atoms with Gasteiger partial charge in [0.05, 0.1) is 5.56 Å². The highest BCUT2D eigenvalue weighted by Crippen LogP contribution is 2.24. The summed E-state index contributed by atoms with van der Waals surface area (Å²) in [6, 6.07) is 8.63. The lowest BCUT2D eigenvalue weighted by atomic mass is 10.1. The monoisotopic (exact) mass is 314 g/mol. The molecule has 1 heterocycles. The lowest BCUT2D eigenvalue weighted by molar-refractivity contribution is 0.0953. The number of nitrogen functional groups attached to an aromatic ring is 1. The van der Waals surface area contributed by atoms with E-state index < -0.39 is 12.0 Å². The van der Waals surface area contributed by atoms with Crippen molar-refractivity contribution in [2.24, 2.45) is 5.84 Å². The summed E-state index contributed by atoms with van der Waals surface area (Å²) in [6.45, 7) is 2.51. The first-order chi connectivity index (χ1) is 11.1. The minimum Gasteiger partial charge on any atom is -0.410 e. The number of hydrogen-bond acceptors (Lipinski definition) is 5. The van der Waals surface area contributed by atoms with Gasteiger partial charge in [-0.05, 0) is 30.2 Å². The fourth-order valence-electron chi connectivity index (χ4n) is 1.91. The standard InChI is InChI=1S/C16H18N4O3/c1-2-6-19-16(22)23-14-5-3-4-11(8-14)12-7-13(10-18-9-12)15(21)20-17/h3-5,7-10H,2,6,17H2,1H3,(H,19,22)(H,20,21). The fraction of sp³-hybridized carbons (Fsp3) is 0.188. The molecule has 0 radical (unpaired) electrons. The molecular weight excluding hydrogens is 296 g/mol. The number of pyridine rings is 1. The third kappa shape index (κ3) is 4.52. The van der Waals surface area contributed by atoms with E-state index in [1.54, 1.807) is 30.5 Å². The predicted octanol–water partition coefficient (Wildman–Crippen LogP) is 1.85. The Balaban J connectivity index is 2.19. The van der Waals surface area contributed by atoms with Crippen LogP contribution in [0.2, 0.25) is 0 Å². The summed E-state index contributed by atoms with van der Waals surface area (Å²) in [5.41, 5.74) is 3.89. The Hall–Kier alpha value is -2.93. The number of ether oxygens (including phenoxy) is 1. The highest BCUT2D eigenvalue weighted by Gasteiger charge is 2.08. The maximum atomic E-state index is 11.6. The summed E-state index contributed by atoms with van der Waals surface area (Å²) >= 11 is 0. The van der Waals surface area contributed by atoms with Gasteiger partial charge in [0.15, 0.2) is 0 Å². The molecule has 0 saturated heterocycles. The number of benzene rings is 1. The van der Waals surface area contributed by atoms with E-state index in [4.69, 9.17) is 10.6 Å². The van der Waals surface area contributed by atoms with E-state index in [1.165, 1.54) is 6.20 Å². The number of hydrogen-bond donors (Lipinski definition) is 3. The van der Waals surface area contributed by atoms with Gasteiger partial charge in [0.1, 0.15) is 5.75 Å². The lowest BCUT2D eigenvalue weighted by Gasteiger charge is -2.08. The molecule has 0 aliphatic rings. The highest BCUT2D eigenvalue weighted by molar-refractivity contribution is 5.94. The molecule has 2 aromatic rings. The van der Waals surface area contributed by atoms with Crippen molar-refractivity contribution in [2.45, 2.75) is 13.3 Å². The molecule has 0 aliphatic carbocycles. The van der Waals surface area contributed by atoms with Gasteiger partial charge >= 0.3 is 6.09 Å². The molecule has 120 valence electrons. The van der Waals surface area contributed by atoms with Crippen LogP contribution in [0.25, 0.3) is 11.1 Å². The Morgan fingerprint density at radius 1 is 1.22 bits per heavy atom. The van der Waals surface area contributed by atoms with Crippen LogP contribution < -0.4 is 21.3 Å². The van der Waals surface area contributed by atoms with Crippen LogP contribution in [-0.2, 0) is 0 Å². The van der Waals surface area contributed by atoms with Crippen LogP contribution in [0.15, 0.2) is 42.7 Å². The van der Waals surface area contributed by atoms with Crippen LogP contribution in [0.4, 0.5) is 4.79 Å². The van der Waals surface area contributed by atoms with E-state index in [0.717, 1.165) is 12.0 Å². The van der Waals surface area contributed by atoms with Crippen LogP contribution in [-0.4, -0.2) is 23.5 Å². The number of nitrogens with zero attached hydrogens (tertiary/aromatic N) is 1. The first kappa shape index (κ1) is 16.4. The molecule has 0 atom stereocenters. The number of hydrazine groups is 1. The molecule has 7 nitrogen and oxygen atoms in total. The zero-order valence-corrected chi connectivity index (χ0v) is 12.7. The van der Waals surface area contributed by atoms with Gasteiger partial charge in [-0.25, -0.2) is 10.6 Å². The van der Waals surface area contributed by atoms with E-state index in [9.17, 15) is 9.59 Å². The largest absolute Gasteiger partial charge is 0.412 e. The van der Waals surface area contributed by atoms with Crippen molar-refractivity contribution in [2.75, 3.05) is 6.54 Å². The second-order valence-corrected chi connectivity index (χ2v) is 4.78. The Bertz CT molecular complexity index is 703. The van der Waals surface area contributed by atoms with Crippen molar-refractivity contribution in [3.8, 4) is 16.9 Å². The second kappa shape index (κ2) is 7.90. The van der Waals surface area contributed by atoms with Crippen LogP contribution in [0.3, 0.4) is 0 Å². The molecule has 2 amide bonds. The number of aromatic nitrogens is 1. The SMILES string of the molecule is CCCNC(=O)Oc1cccc(-c2cncc(C(=O)NN)c2)c1. The number of nitrogens with one attached hydrogen (secondary N) is 2. The Labute approximate surface area is 133 Å². The normalized spacial score (nSPS) is 10.0. The van der Waals surface area contributed by atoms with Crippen LogP contribution >= 0.6 is 0 Å². The van der Waals surface area contributed by atoms with Gasteiger partial charge < -0.3 is 10.1 Å². The van der Waals surface area contributed by atoms with Crippen molar-refractivity contribution < 1.29 is 14.3 Å². The first-order valence-electron chi connectivity index (χ1n) is 7.16. The van der Waals surface area contributed by atoms with Gasteiger partial charge in [-0.1, -0.05) is 19.1 Å². The quantitative estimate of drug-likeness (QED) is 0.443. The summed E-state index contributed by atoms with van der Waals surface area (Å²) < 4.78 is 5.21. The summed E-state index contributed by atoms with van der Waals surface area (Å²) in [5.74, 6) is 5.10. The Morgan fingerprint density at radius 3 is 2.78 bits per heavy atom. The summed E-state index contributed by atoms with van der Waals surface area (Å²) in [7, 11) is 0. The third-order valence-corrected chi connectivity index (χ3v) is 3.03. The number of carbonyl (C=O) groups excluding carboxylic acids is 2. The molecule has 0 unspecified atom stereocenters. The molecule has 1 aromatic carbocycles. The smallest absolute Gasteiger partial charge is 0.410 e. The van der Waals surface area contributed by atoms with E-state index >= 15 is 0 Å².